The lowest BCUT2D eigenvalue weighted by molar-refractivity contribution is 0.0876. The van der Waals surface area contributed by atoms with Crippen LogP contribution in [0.4, 0.5) is 0 Å². The maximum absolute atomic E-state index is 10.3. The molecule has 0 spiro atoms. The van der Waals surface area contributed by atoms with E-state index < -0.39 is 0 Å². The smallest absolute Gasteiger partial charge is 0.227 e. The minimum absolute atomic E-state index is 0.273. The third-order valence-corrected chi connectivity index (χ3v) is 5.42. The van der Waals surface area contributed by atoms with Crippen LogP contribution in [0.5, 0.6) is 17.4 Å². The van der Waals surface area contributed by atoms with Crippen LogP contribution in [0.3, 0.4) is 0 Å². The van der Waals surface area contributed by atoms with Gasteiger partial charge in [0.15, 0.2) is 0 Å². The summed E-state index contributed by atoms with van der Waals surface area (Å²) in [5.74, 6) is 2.18. The van der Waals surface area contributed by atoms with E-state index in [1.54, 1.807) is 7.11 Å². The van der Waals surface area contributed by atoms with E-state index in [4.69, 9.17) is 14.6 Å². The summed E-state index contributed by atoms with van der Waals surface area (Å²) >= 11 is 0. The summed E-state index contributed by atoms with van der Waals surface area (Å²) in [6.07, 6.45) is 0.360. The average Bonchev–Trinajstić information content (AvgIpc) is 3.09. The van der Waals surface area contributed by atoms with Gasteiger partial charge in [0.25, 0.3) is 0 Å². The molecule has 0 amide bonds. The molecule has 6 nitrogen and oxygen atoms in total. The monoisotopic (exact) mass is 423 g/mol. The molecule has 0 saturated heterocycles. The SMILES string of the molecule is CCC(O)CN(Cc1c(C)nn(-c2ccccc2)c1Oc1ccc(OC)cc1)C(C)C. The van der Waals surface area contributed by atoms with E-state index in [-0.39, 0.29) is 12.1 Å². The molecule has 1 N–H and O–H groups in total. The predicted octanol–water partition coefficient (Wildman–Crippen LogP) is 4.96. The molecule has 0 aliphatic heterocycles. The average molecular weight is 424 g/mol. The Labute approximate surface area is 185 Å². The van der Waals surface area contributed by atoms with Crippen LogP contribution in [-0.2, 0) is 6.54 Å². The van der Waals surface area contributed by atoms with Gasteiger partial charge in [-0.2, -0.15) is 5.10 Å². The number of methoxy groups -OCH3 is 1. The molecule has 0 aliphatic rings. The van der Waals surface area contributed by atoms with Crippen molar-refractivity contribution in [1.82, 2.24) is 14.7 Å². The number of aryl methyl sites for hydroxylation is 1. The Morgan fingerprint density at radius 2 is 1.68 bits per heavy atom. The van der Waals surface area contributed by atoms with Gasteiger partial charge in [0.05, 0.1) is 30.2 Å². The third kappa shape index (κ3) is 5.66. The summed E-state index contributed by atoms with van der Waals surface area (Å²) in [4.78, 5) is 2.26. The van der Waals surface area contributed by atoms with Crippen molar-refractivity contribution >= 4 is 0 Å². The van der Waals surface area contributed by atoms with Crippen molar-refractivity contribution < 1.29 is 14.6 Å². The van der Waals surface area contributed by atoms with Crippen LogP contribution in [0.2, 0.25) is 0 Å². The Hall–Kier alpha value is -2.83. The van der Waals surface area contributed by atoms with Gasteiger partial charge in [-0.1, -0.05) is 25.1 Å². The number of para-hydroxylation sites is 1. The minimum atomic E-state index is -0.363. The quantitative estimate of drug-likeness (QED) is 0.499. The van der Waals surface area contributed by atoms with Gasteiger partial charge in [0, 0.05) is 19.1 Å². The summed E-state index contributed by atoms with van der Waals surface area (Å²) in [6.45, 7) is 9.53. The van der Waals surface area contributed by atoms with Gasteiger partial charge < -0.3 is 14.6 Å². The Balaban J connectivity index is 2.01. The Morgan fingerprint density at radius 3 is 2.26 bits per heavy atom. The number of benzene rings is 2. The zero-order valence-corrected chi connectivity index (χ0v) is 19.1. The van der Waals surface area contributed by atoms with Crippen LogP contribution in [-0.4, -0.2) is 45.6 Å². The molecule has 31 heavy (non-hydrogen) atoms. The van der Waals surface area contributed by atoms with Crippen molar-refractivity contribution in [2.45, 2.75) is 52.8 Å². The summed E-state index contributed by atoms with van der Waals surface area (Å²) in [5, 5.41) is 15.1. The van der Waals surface area contributed by atoms with Gasteiger partial charge in [0.1, 0.15) is 11.5 Å². The van der Waals surface area contributed by atoms with Crippen LogP contribution < -0.4 is 9.47 Å². The van der Waals surface area contributed by atoms with Crippen molar-refractivity contribution in [3.8, 4) is 23.1 Å². The van der Waals surface area contributed by atoms with E-state index in [1.165, 1.54) is 0 Å². The summed E-state index contributed by atoms with van der Waals surface area (Å²) < 4.78 is 13.5. The fourth-order valence-electron chi connectivity index (χ4n) is 3.39. The van der Waals surface area contributed by atoms with Crippen molar-refractivity contribution in [2.75, 3.05) is 13.7 Å². The summed E-state index contributed by atoms with van der Waals surface area (Å²) in [5.41, 5.74) is 2.85. The molecule has 2 aromatic carbocycles. The molecule has 3 rings (SSSR count). The third-order valence-electron chi connectivity index (χ3n) is 5.42. The molecule has 3 aromatic rings. The highest BCUT2D eigenvalue weighted by Gasteiger charge is 2.23. The molecule has 1 atom stereocenters. The van der Waals surface area contributed by atoms with Crippen molar-refractivity contribution in [3.05, 3.63) is 65.9 Å². The molecular formula is C25H33N3O3. The molecule has 166 valence electrons. The first-order valence-corrected chi connectivity index (χ1v) is 10.8. The van der Waals surface area contributed by atoms with Crippen LogP contribution in [0.25, 0.3) is 5.69 Å². The topological polar surface area (TPSA) is 59.8 Å². The summed E-state index contributed by atoms with van der Waals surface area (Å²) in [7, 11) is 1.65. The number of aromatic nitrogens is 2. The first-order valence-electron chi connectivity index (χ1n) is 10.8. The van der Waals surface area contributed by atoms with Gasteiger partial charge in [0.2, 0.25) is 5.88 Å². The van der Waals surface area contributed by atoms with Gasteiger partial charge in [-0.15, -0.1) is 0 Å². The minimum Gasteiger partial charge on any atom is -0.497 e. The lowest BCUT2D eigenvalue weighted by Crippen LogP contribution is -2.37. The molecule has 0 bridgehead atoms. The lowest BCUT2D eigenvalue weighted by Gasteiger charge is -2.28. The fraction of sp³-hybridized carbons (Fsp3) is 0.400. The second-order valence-electron chi connectivity index (χ2n) is 7.98. The van der Waals surface area contributed by atoms with Crippen molar-refractivity contribution in [2.24, 2.45) is 0 Å². The second-order valence-corrected chi connectivity index (χ2v) is 7.98. The van der Waals surface area contributed by atoms with Crippen molar-refractivity contribution in [1.29, 1.82) is 0 Å². The van der Waals surface area contributed by atoms with Gasteiger partial charge in [-0.25, -0.2) is 4.68 Å². The largest absolute Gasteiger partial charge is 0.497 e. The van der Waals surface area contributed by atoms with E-state index in [2.05, 4.69) is 18.7 Å². The molecule has 1 aromatic heterocycles. The maximum Gasteiger partial charge on any atom is 0.227 e. The molecule has 6 heteroatoms. The van der Waals surface area contributed by atoms with Crippen LogP contribution in [0, 0.1) is 6.92 Å². The maximum atomic E-state index is 10.3. The van der Waals surface area contributed by atoms with Crippen LogP contribution >= 0.6 is 0 Å². The predicted molar refractivity (Wildman–Crippen MR) is 123 cm³/mol. The first-order chi connectivity index (χ1) is 14.9. The number of nitrogens with zero attached hydrogens (tertiary/aromatic N) is 3. The number of hydrogen-bond acceptors (Lipinski definition) is 5. The van der Waals surface area contributed by atoms with Crippen molar-refractivity contribution in [3.63, 3.8) is 0 Å². The molecular weight excluding hydrogens is 390 g/mol. The number of rotatable bonds is 10. The Kier molecular flexibility index (Phi) is 7.71. The Morgan fingerprint density at radius 1 is 1.03 bits per heavy atom. The van der Waals surface area contributed by atoms with E-state index in [9.17, 15) is 5.11 Å². The fourth-order valence-corrected chi connectivity index (χ4v) is 3.39. The van der Waals surface area contributed by atoms with Crippen LogP contribution in [0.15, 0.2) is 54.6 Å². The standard InChI is InChI=1S/C25H33N3O3/c1-6-21(29)16-27(18(2)3)17-24-19(4)26-28(20-10-8-7-9-11-20)25(24)31-23-14-12-22(30-5)13-15-23/h7-15,18,21,29H,6,16-17H2,1-5H3. The second kappa shape index (κ2) is 10.5. The number of ether oxygens (including phenoxy) is 2. The van der Waals surface area contributed by atoms with Gasteiger partial charge >= 0.3 is 0 Å². The molecule has 0 radical (unpaired) electrons. The zero-order valence-electron chi connectivity index (χ0n) is 19.1. The first kappa shape index (κ1) is 22.8. The van der Waals surface area contributed by atoms with E-state index in [1.807, 2.05) is 73.1 Å². The lowest BCUT2D eigenvalue weighted by atomic mass is 10.1. The molecule has 0 fully saturated rings. The number of hydrogen-bond donors (Lipinski definition) is 1. The van der Waals surface area contributed by atoms with Crippen LogP contribution in [0.1, 0.15) is 38.4 Å². The summed E-state index contributed by atoms with van der Waals surface area (Å²) in [6, 6.07) is 17.8. The molecule has 0 saturated carbocycles. The van der Waals surface area contributed by atoms with E-state index in [0.29, 0.717) is 24.7 Å². The molecule has 0 aliphatic carbocycles. The zero-order chi connectivity index (χ0) is 22.4. The van der Waals surface area contributed by atoms with Gasteiger partial charge in [-0.3, -0.25) is 4.90 Å². The highest BCUT2D eigenvalue weighted by atomic mass is 16.5. The molecule has 1 heterocycles. The van der Waals surface area contributed by atoms with E-state index >= 15 is 0 Å². The Bertz CT molecular complexity index is 952. The number of aliphatic hydroxyl groups excluding tert-OH is 1. The highest BCUT2D eigenvalue weighted by Crippen LogP contribution is 2.32. The highest BCUT2D eigenvalue weighted by molar-refractivity contribution is 5.44. The molecule has 1 unspecified atom stereocenters. The van der Waals surface area contributed by atoms with Gasteiger partial charge in [-0.05, 0) is 63.6 Å². The van der Waals surface area contributed by atoms with E-state index in [0.717, 1.165) is 29.1 Å². The normalized spacial score (nSPS) is 12.4. The number of aliphatic hydroxyl groups is 1.